The molecule has 0 saturated carbocycles. The standard InChI is InChI=1S/C28H42N2O5S/c1-16-9-11-22(17(2)13-21-15-36-20(5)29-21)30(8)25(33)14-24(32)28(6,7)27(35)19(4)26(34)18(3)23(31)12-10-16/h9,13,15,18-19,22,24,26,32,34H,10-12,14H2,1-8H3/t18?,19-,22?,24+,26+/m1/s1. The topological polar surface area (TPSA) is 108 Å². The quantitative estimate of drug-likeness (QED) is 0.563. The van der Waals surface area contributed by atoms with Gasteiger partial charge in [-0.1, -0.05) is 39.3 Å². The van der Waals surface area contributed by atoms with Crippen LogP contribution in [0.2, 0.25) is 0 Å². The zero-order chi connectivity index (χ0) is 27.4. The molecule has 1 aromatic heterocycles. The Labute approximate surface area is 219 Å². The maximum atomic E-state index is 13.3. The lowest BCUT2D eigenvalue weighted by molar-refractivity contribution is -0.145. The number of aliphatic hydroxyl groups is 2. The Balaban J connectivity index is 2.46. The number of allylic oxidation sites excluding steroid dienone is 1. The van der Waals surface area contributed by atoms with Gasteiger partial charge in [0, 0.05) is 30.7 Å². The predicted molar refractivity (Wildman–Crippen MR) is 143 cm³/mol. The van der Waals surface area contributed by atoms with E-state index in [1.807, 2.05) is 38.3 Å². The van der Waals surface area contributed by atoms with Crippen molar-refractivity contribution in [2.75, 3.05) is 7.05 Å². The molecule has 200 valence electrons. The number of nitrogens with zero attached hydrogens (tertiary/aromatic N) is 2. The van der Waals surface area contributed by atoms with Gasteiger partial charge in [0.2, 0.25) is 5.91 Å². The monoisotopic (exact) mass is 518 g/mol. The number of aromatic nitrogens is 1. The third-order valence-corrected chi connectivity index (χ3v) is 8.43. The van der Waals surface area contributed by atoms with Gasteiger partial charge < -0.3 is 15.1 Å². The first-order valence-corrected chi connectivity index (χ1v) is 13.5. The summed E-state index contributed by atoms with van der Waals surface area (Å²) in [6, 6.07) is -0.274. The van der Waals surface area contributed by atoms with E-state index in [4.69, 9.17) is 0 Å². The summed E-state index contributed by atoms with van der Waals surface area (Å²) >= 11 is 1.56. The highest BCUT2D eigenvalue weighted by atomic mass is 32.1. The molecule has 5 atom stereocenters. The zero-order valence-electron chi connectivity index (χ0n) is 22.9. The summed E-state index contributed by atoms with van der Waals surface area (Å²) in [6.07, 6.45) is 2.75. The molecule has 0 radical (unpaired) electrons. The molecular weight excluding hydrogens is 476 g/mol. The van der Waals surface area contributed by atoms with Gasteiger partial charge in [-0.2, -0.15) is 0 Å². The normalized spacial score (nSPS) is 29.9. The second-order valence-corrected chi connectivity index (χ2v) is 11.9. The highest BCUT2D eigenvalue weighted by molar-refractivity contribution is 7.09. The molecule has 0 aromatic carbocycles. The van der Waals surface area contributed by atoms with Gasteiger partial charge in [0.1, 0.15) is 11.6 Å². The third-order valence-electron chi connectivity index (χ3n) is 7.64. The summed E-state index contributed by atoms with van der Waals surface area (Å²) in [7, 11) is 1.71. The average molecular weight is 519 g/mol. The number of carbonyl (C=O) groups excluding carboxylic acids is 3. The van der Waals surface area contributed by atoms with Gasteiger partial charge in [0.25, 0.3) is 0 Å². The Morgan fingerprint density at radius 1 is 1.14 bits per heavy atom. The lowest BCUT2D eigenvalue weighted by atomic mass is 9.72. The number of ketones is 2. The number of likely N-dealkylation sites (N-methyl/N-ethyl adjacent to an activating group) is 1. The van der Waals surface area contributed by atoms with E-state index in [1.165, 1.54) is 0 Å². The Bertz CT molecular complexity index is 1020. The van der Waals surface area contributed by atoms with E-state index in [9.17, 15) is 24.6 Å². The summed E-state index contributed by atoms with van der Waals surface area (Å²) in [5.41, 5.74) is 1.53. The van der Waals surface area contributed by atoms with E-state index in [1.54, 1.807) is 51.0 Å². The number of hydrogen-bond donors (Lipinski definition) is 2. The van der Waals surface area contributed by atoms with Gasteiger partial charge in [0.15, 0.2) is 0 Å². The van der Waals surface area contributed by atoms with Gasteiger partial charge in [0.05, 0.1) is 40.8 Å². The van der Waals surface area contributed by atoms with Gasteiger partial charge in [-0.15, -0.1) is 11.3 Å². The molecular formula is C28H42N2O5S. The molecule has 1 aromatic rings. The van der Waals surface area contributed by atoms with Crippen LogP contribution in [0.15, 0.2) is 22.6 Å². The number of aliphatic hydroxyl groups excluding tert-OH is 2. The Morgan fingerprint density at radius 3 is 2.36 bits per heavy atom. The summed E-state index contributed by atoms with van der Waals surface area (Å²) < 4.78 is 0. The van der Waals surface area contributed by atoms with E-state index in [2.05, 4.69) is 4.98 Å². The number of thiazole rings is 1. The summed E-state index contributed by atoms with van der Waals surface area (Å²) in [4.78, 5) is 45.5. The number of amides is 1. The molecule has 0 saturated heterocycles. The van der Waals surface area contributed by atoms with E-state index >= 15 is 0 Å². The maximum Gasteiger partial charge on any atom is 0.225 e. The molecule has 2 heterocycles. The number of carbonyl (C=O) groups is 3. The van der Waals surface area contributed by atoms with Crippen molar-refractivity contribution >= 4 is 34.9 Å². The Kier molecular flexibility index (Phi) is 10.3. The summed E-state index contributed by atoms with van der Waals surface area (Å²) in [5, 5.41) is 24.7. The Morgan fingerprint density at radius 2 is 1.78 bits per heavy atom. The minimum atomic E-state index is -1.27. The molecule has 0 fully saturated rings. The van der Waals surface area contributed by atoms with Crippen LogP contribution < -0.4 is 0 Å². The van der Waals surface area contributed by atoms with Crippen LogP contribution in [-0.4, -0.2) is 62.9 Å². The molecule has 2 N–H and O–H groups in total. The van der Waals surface area contributed by atoms with Gasteiger partial charge in [-0.3, -0.25) is 14.4 Å². The predicted octanol–water partition coefficient (Wildman–Crippen LogP) is 4.36. The third kappa shape index (κ3) is 7.20. The van der Waals surface area contributed by atoms with Gasteiger partial charge >= 0.3 is 0 Å². The summed E-state index contributed by atoms with van der Waals surface area (Å²) in [5.74, 6) is -2.30. The zero-order valence-corrected chi connectivity index (χ0v) is 23.7. The van der Waals surface area contributed by atoms with Crippen molar-refractivity contribution in [3.05, 3.63) is 33.3 Å². The van der Waals surface area contributed by atoms with Crippen molar-refractivity contribution in [2.45, 2.75) is 92.4 Å². The lowest BCUT2D eigenvalue weighted by Gasteiger charge is -2.36. The van der Waals surface area contributed by atoms with E-state index in [-0.39, 0.29) is 36.4 Å². The molecule has 1 amide bonds. The van der Waals surface area contributed by atoms with E-state index in [0.717, 1.165) is 21.8 Å². The van der Waals surface area contributed by atoms with Crippen molar-refractivity contribution in [3.8, 4) is 0 Å². The van der Waals surface area contributed by atoms with Crippen LogP contribution in [0.4, 0.5) is 0 Å². The minimum Gasteiger partial charge on any atom is -0.392 e. The molecule has 1 aliphatic heterocycles. The van der Waals surface area contributed by atoms with Crippen LogP contribution in [0.5, 0.6) is 0 Å². The number of hydrogen-bond acceptors (Lipinski definition) is 7. The van der Waals surface area contributed by atoms with Crippen molar-refractivity contribution < 1.29 is 24.6 Å². The molecule has 2 rings (SSSR count). The van der Waals surface area contributed by atoms with Crippen LogP contribution in [0.1, 0.15) is 77.9 Å². The van der Waals surface area contributed by atoms with Crippen molar-refractivity contribution in [1.82, 2.24) is 9.88 Å². The van der Waals surface area contributed by atoms with E-state index in [0.29, 0.717) is 12.8 Å². The smallest absolute Gasteiger partial charge is 0.225 e. The number of Topliss-reactive ketones (excluding diaryl/α,β-unsaturated/α-hetero) is 2. The maximum absolute atomic E-state index is 13.3. The highest BCUT2D eigenvalue weighted by Gasteiger charge is 2.43. The van der Waals surface area contributed by atoms with Gasteiger partial charge in [-0.25, -0.2) is 4.98 Å². The van der Waals surface area contributed by atoms with E-state index < -0.39 is 29.5 Å². The SMILES string of the molecule is CC1=CCC(C(C)=Cc2csc(C)n2)N(C)C(=O)C[C@H](O)C(C)(C)C(=O)[C@H](C)[C@@H](O)C(C)C(=O)CC1. The van der Waals surface area contributed by atoms with Crippen molar-refractivity contribution in [2.24, 2.45) is 17.3 Å². The fraction of sp³-hybridized carbons (Fsp3) is 0.643. The molecule has 2 unspecified atom stereocenters. The second-order valence-electron chi connectivity index (χ2n) is 10.8. The fourth-order valence-electron chi connectivity index (χ4n) is 4.66. The lowest BCUT2D eigenvalue weighted by Crippen LogP contribution is -2.48. The second kappa shape index (κ2) is 12.4. The first-order valence-electron chi connectivity index (χ1n) is 12.6. The fourth-order valence-corrected chi connectivity index (χ4v) is 5.23. The van der Waals surface area contributed by atoms with Crippen LogP contribution in [0.25, 0.3) is 6.08 Å². The van der Waals surface area contributed by atoms with Crippen LogP contribution in [0, 0.1) is 24.2 Å². The van der Waals surface area contributed by atoms with Crippen molar-refractivity contribution in [3.63, 3.8) is 0 Å². The molecule has 0 spiro atoms. The Hall–Kier alpha value is -2.16. The first kappa shape index (κ1) is 30.1. The van der Waals surface area contributed by atoms with Crippen LogP contribution in [0.3, 0.4) is 0 Å². The molecule has 36 heavy (non-hydrogen) atoms. The highest BCUT2D eigenvalue weighted by Crippen LogP contribution is 2.32. The molecule has 1 aliphatic rings. The average Bonchev–Trinajstić information content (AvgIpc) is 3.23. The van der Waals surface area contributed by atoms with Gasteiger partial charge in [-0.05, 0) is 45.3 Å². The van der Waals surface area contributed by atoms with Crippen LogP contribution >= 0.6 is 11.3 Å². The molecule has 8 heteroatoms. The largest absolute Gasteiger partial charge is 0.392 e. The van der Waals surface area contributed by atoms with Crippen molar-refractivity contribution in [1.29, 1.82) is 0 Å². The van der Waals surface area contributed by atoms with Crippen LogP contribution in [-0.2, 0) is 14.4 Å². The number of aryl methyl sites for hydroxylation is 1. The first-order chi connectivity index (χ1) is 16.7. The number of rotatable bonds is 2. The molecule has 7 nitrogen and oxygen atoms in total. The minimum absolute atomic E-state index is 0.0980. The molecule has 0 aliphatic carbocycles. The summed E-state index contributed by atoms with van der Waals surface area (Å²) in [6.45, 7) is 12.3. The molecule has 0 bridgehead atoms.